The molecule has 2 atom stereocenters. The van der Waals surface area contributed by atoms with Crippen molar-refractivity contribution in [2.45, 2.75) is 31.7 Å². The van der Waals surface area contributed by atoms with Crippen molar-refractivity contribution in [1.29, 1.82) is 0 Å². The van der Waals surface area contributed by atoms with E-state index in [1.54, 1.807) is 12.3 Å². The van der Waals surface area contributed by atoms with E-state index in [9.17, 15) is 4.39 Å². The minimum Gasteiger partial charge on any atom is -0.354 e. The van der Waals surface area contributed by atoms with E-state index in [-0.39, 0.29) is 5.82 Å². The second kappa shape index (κ2) is 5.45. The van der Waals surface area contributed by atoms with Gasteiger partial charge in [-0.2, -0.15) is 0 Å². The first-order valence-electron chi connectivity index (χ1n) is 6.27. The third kappa shape index (κ3) is 2.57. The summed E-state index contributed by atoms with van der Waals surface area (Å²) >= 11 is 0. The summed E-state index contributed by atoms with van der Waals surface area (Å²) in [6.07, 6.45) is 6.28. The lowest BCUT2D eigenvalue weighted by atomic mass is 9.84. The highest BCUT2D eigenvalue weighted by Crippen LogP contribution is 2.30. The highest BCUT2D eigenvalue weighted by atomic mass is 19.1. The molecule has 1 fully saturated rings. The fraction of sp³-hybridized carbons (Fsp3) is 0.615. The van der Waals surface area contributed by atoms with E-state index in [4.69, 9.17) is 5.73 Å². The molecule has 0 spiro atoms. The summed E-state index contributed by atoms with van der Waals surface area (Å²) in [5.41, 5.74) is 5.81. The maximum atomic E-state index is 13.7. The third-order valence-corrected chi connectivity index (χ3v) is 3.74. The highest BCUT2D eigenvalue weighted by Gasteiger charge is 2.28. The van der Waals surface area contributed by atoms with E-state index < -0.39 is 0 Å². The molecule has 0 aromatic carbocycles. The Hall–Kier alpha value is -1.16. The first-order chi connectivity index (χ1) is 8.24. The number of hydrogen-bond acceptors (Lipinski definition) is 3. The number of halogens is 1. The van der Waals surface area contributed by atoms with Gasteiger partial charge < -0.3 is 10.6 Å². The molecule has 0 amide bonds. The first-order valence-corrected chi connectivity index (χ1v) is 6.27. The Morgan fingerprint density at radius 2 is 2.24 bits per heavy atom. The molecule has 1 aromatic heterocycles. The van der Waals surface area contributed by atoms with Crippen LogP contribution in [-0.4, -0.2) is 24.6 Å². The summed E-state index contributed by atoms with van der Waals surface area (Å²) in [6, 6.07) is 3.39. The van der Waals surface area contributed by atoms with Crippen LogP contribution in [-0.2, 0) is 0 Å². The van der Waals surface area contributed by atoms with E-state index >= 15 is 0 Å². The Morgan fingerprint density at radius 1 is 1.47 bits per heavy atom. The number of rotatable bonds is 3. The molecule has 17 heavy (non-hydrogen) atoms. The second-order valence-electron chi connectivity index (χ2n) is 4.77. The highest BCUT2D eigenvalue weighted by molar-refractivity contribution is 5.40. The Kier molecular flexibility index (Phi) is 3.94. The lowest BCUT2D eigenvalue weighted by Crippen LogP contribution is -2.43. The molecule has 2 N–H and O–H groups in total. The lowest BCUT2D eigenvalue weighted by Gasteiger charge is -2.38. The molecule has 0 radical (unpaired) electrons. The minimum atomic E-state index is -0.253. The monoisotopic (exact) mass is 237 g/mol. The van der Waals surface area contributed by atoms with Crippen LogP contribution in [0.3, 0.4) is 0 Å². The van der Waals surface area contributed by atoms with Crippen molar-refractivity contribution in [3.63, 3.8) is 0 Å². The van der Waals surface area contributed by atoms with Gasteiger partial charge in [0, 0.05) is 19.3 Å². The van der Waals surface area contributed by atoms with Gasteiger partial charge in [0.1, 0.15) is 0 Å². The third-order valence-electron chi connectivity index (χ3n) is 3.74. The van der Waals surface area contributed by atoms with Crippen LogP contribution in [0.4, 0.5) is 10.2 Å². The van der Waals surface area contributed by atoms with E-state index in [1.807, 2.05) is 11.9 Å². The quantitative estimate of drug-likeness (QED) is 0.876. The zero-order valence-corrected chi connectivity index (χ0v) is 10.3. The molecule has 1 heterocycles. The van der Waals surface area contributed by atoms with E-state index in [0.29, 0.717) is 24.3 Å². The summed E-state index contributed by atoms with van der Waals surface area (Å²) in [6.45, 7) is 0.670. The van der Waals surface area contributed by atoms with Crippen molar-refractivity contribution in [3.05, 3.63) is 24.1 Å². The standard InChI is InChI=1S/C13H20FN3/c1-17(13-11(14)6-4-8-16-13)12-7-3-2-5-10(12)9-15/h4,6,8,10,12H,2-3,5,7,9,15H2,1H3. The van der Waals surface area contributed by atoms with Crippen molar-refractivity contribution in [3.8, 4) is 0 Å². The van der Waals surface area contributed by atoms with Gasteiger partial charge in [0.2, 0.25) is 0 Å². The molecule has 0 bridgehead atoms. The average Bonchev–Trinajstić information content (AvgIpc) is 2.38. The van der Waals surface area contributed by atoms with Crippen LogP contribution in [0, 0.1) is 11.7 Å². The number of aromatic nitrogens is 1. The molecule has 4 heteroatoms. The molecule has 2 unspecified atom stereocenters. The molecular formula is C13H20FN3. The smallest absolute Gasteiger partial charge is 0.165 e. The molecule has 94 valence electrons. The SMILES string of the molecule is CN(c1ncccc1F)C1CCCCC1CN. The molecule has 1 saturated carbocycles. The number of pyridine rings is 1. The Bertz CT molecular complexity index is 369. The van der Waals surface area contributed by atoms with Crippen LogP contribution in [0.1, 0.15) is 25.7 Å². The zero-order valence-electron chi connectivity index (χ0n) is 10.3. The largest absolute Gasteiger partial charge is 0.354 e. The van der Waals surface area contributed by atoms with Crippen molar-refractivity contribution in [2.75, 3.05) is 18.5 Å². The van der Waals surface area contributed by atoms with Crippen LogP contribution in [0.25, 0.3) is 0 Å². The molecule has 0 saturated heterocycles. The normalized spacial score (nSPS) is 24.6. The number of nitrogens with zero attached hydrogens (tertiary/aromatic N) is 2. The van der Waals surface area contributed by atoms with E-state index in [1.165, 1.54) is 18.9 Å². The van der Waals surface area contributed by atoms with Gasteiger partial charge in [-0.1, -0.05) is 12.8 Å². The number of nitrogens with two attached hydrogens (primary N) is 1. The molecule has 2 rings (SSSR count). The van der Waals surface area contributed by atoms with Crippen molar-refractivity contribution >= 4 is 5.82 Å². The molecule has 3 nitrogen and oxygen atoms in total. The molecule has 1 aliphatic rings. The van der Waals surface area contributed by atoms with Gasteiger partial charge in [0.15, 0.2) is 11.6 Å². The van der Waals surface area contributed by atoms with Crippen LogP contribution in [0.5, 0.6) is 0 Å². The summed E-state index contributed by atoms with van der Waals surface area (Å²) < 4.78 is 13.7. The lowest BCUT2D eigenvalue weighted by molar-refractivity contribution is 0.304. The van der Waals surface area contributed by atoms with Gasteiger partial charge >= 0.3 is 0 Å². The number of anilines is 1. The van der Waals surface area contributed by atoms with Crippen LogP contribution < -0.4 is 10.6 Å². The van der Waals surface area contributed by atoms with Crippen molar-refractivity contribution in [1.82, 2.24) is 4.98 Å². The zero-order chi connectivity index (χ0) is 12.3. The Balaban J connectivity index is 2.18. The van der Waals surface area contributed by atoms with Crippen molar-refractivity contribution in [2.24, 2.45) is 11.7 Å². The Morgan fingerprint density at radius 3 is 2.94 bits per heavy atom. The average molecular weight is 237 g/mol. The molecule has 1 aliphatic carbocycles. The van der Waals surface area contributed by atoms with E-state index in [2.05, 4.69) is 4.98 Å². The van der Waals surface area contributed by atoms with E-state index in [0.717, 1.165) is 12.8 Å². The van der Waals surface area contributed by atoms with Gasteiger partial charge in [-0.25, -0.2) is 9.37 Å². The van der Waals surface area contributed by atoms with Gasteiger partial charge in [-0.05, 0) is 37.4 Å². The predicted octanol–water partition coefficient (Wildman–Crippen LogP) is 2.17. The van der Waals surface area contributed by atoms with Gasteiger partial charge in [0.25, 0.3) is 0 Å². The second-order valence-corrected chi connectivity index (χ2v) is 4.77. The maximum Gasteiger partial charge on any atom is 0.165 e. The molecule has 1 aromatic rings. The molecular weight excluding hydrogens is 217 g/mol. The summed E-state index contributed by atoms with van der Waals surface area (Å²) in [7, 11) is 1.92. The fourth-order valence-corrected chi connectivity index (χ4v) is 2.77. The maximum absolute atomic E-state index is 13.7. The molecule has 0 aliphatic heterocycles. The summed E-state index contributed by atoms with van der Waals surface area (Å²) in [4.78, 5) is 6.10. The summed E-state index contributed by atoms with van der Waals surface area (Å²) in [5.74, 6) is 0.643. The van der Waals surface area contributed by atoms with Crippen LogP contribution in [0.15, 0.2) is 18.3 Å². The van der Waals surface area contributed by atoms with Crippen LogP contribution >= 0.6 is 0 Å². The minimum absolute atomic E-state index is 0.253. The van der Waals surface area contributed by atoms with Gasteiger partial charge in [0.05, 0.1) is 0 Å². The fourth-order valence-electron chi connectivity index (χ4n) is 2.77. The summed E-state index contributed by atoms with van der Waals surface area (Å²) in [5, 5.41) is 0. The topological polar surface area (TPSA) is 42.2 Å². The van der Waals surface area contributed by atoms with Crippen LogP contribution in [0.2, 0.25) is 0 Å². The van der Waals surface area contributed by atoms with Gasteiger partial charge in [-0.15, -0.1) is 0 Å². The number of hydrogen-bond donors (Lipinski definition) is 1. The van der Waals surface area contributed by atoms with Crippen molar-refractivity contribution < 1.29 is 4.39 Å². The Labute approximate surface area is 102 Å². The first kappa shape index (κ1) is 12.3. The van der Waals surface area contributed by atoms with Gasteiger partial charge in [-0.3, -0.25) is 0 Å². The predicted molar refractivity (Wildman–Crippen MR) is 67.4 cm³/mol.